The molecule has 1 aliphatic carbocycles. The van der Waals surface area contributed by atoms with Crippen molar-refractivity contribution >= 4 is 5.91 Å². The third-order valence-electron chi connectivity index (χ3n) is 5.97. The maximum absolute atomic E-state index is 13.2. The maximum Gasteiger partial charge on any atom is 0.435 e. The van der Waals surface area contributed by atoms with E-state index in [-0.39, 0.29) is 30.5 Å². The van der Waals surface area contributed by atoms with Crippen LogP contribution in [0.2, 0.25) is 0 Å². The molecule has 0 aromatic carbocycles. The van der Waals surface area contributed by atoms with Gasteiger partial charge < -0.3 is 10.1 Å². The molecule has 5 nitrogen and oxygen atoms in total. The summed E-state index contributed by atoms with van der Waals surface area (Å²) in [5.74, 6) is 0.792. The Bertz CT molecular complexity index is 664. The van der Waals surface area contributed by atoms with Crippen molar-refractivity contribution < 1.29 is 22.7 Å². The number of nitrogens with one attached hydrogen (secondary N) is 1. The number of carbonyl (C=O) groups is 1. The molecule has 1 saturated carbocycles. The van der Waals surface area contributed by atoms with Gasteiger partial charge in [0.2, 0.25) is 5.91 Å². The van der Waals surface area contributed by atoms with Crippen molar-refractivity contribution in [2.75, 3.05) is 13.2 Å². The fourth-order valence-electron chi connectivity index (χ4n) is 4.36. The Labute approximate surface area is 164 Å². The van der Waals surface area contributed by atoms with Crippen LogP contribution in [0.3, 0.4) is 0 Å². The number of hydrogen-bond acceptors (Lipinski definition) is 3. The average molecular weight is 401 g/mol. The summed E-state index contributed by atoms with van der Waals surface area (Å²) in [4.78, 5) is 12.4. The Kier molecular flexibility index (Phi) is 7.01. The summed E-state index contributed by atoms with van der Waals surface area (Å²) in [5.41, 5.74) is -0.154. The van der Waals surface area contributed by atoms with Crippen molar-refractivity contribution in [3.8, 4) is 0 Å². The van der Waals surface area contributed by atoms with E-state index in [1.165, 1.54) is 23.9 Å². The summed E-state index contributed by atoms with van der Waals surface area (Å²) >= 11 is 0. The molecule has 8 heteroatoms. The topological polar surface area (TPSA) is 56.2 Å². The zero-order valence-corrected chi connectivity index (χ0v) is 16.5. The minimum atomic E-state index is -4.49. The van der Waals surface area contributed by atoms with E-state index in [0.29, 0.717) is 25.3 Å². The van der Waals surface area contributed by atoms with E-state index in [1.807, 2.05) is 0 Å². The lowest BCUT2D eigenvalue weighted by Gasteiger charge is -2.27. The second-order valence-corrected chi connectivity index (χ2v) is 7.95. The van der Waals surface area contributed by atoms with Gasteiger partial charge in [-0.25, -0.2) is 0 Å². The van der Waals surface area contributed by atoms with Gasteiger partial charge in [-0.1, -0.05) is 26.2 Å². The first-order chi connectivity index (χ1) is 13.4. The third-order valence-corrected chi connectivity index (χ3v) is 5.97. The van der Waals surface area contributed by atoms with E-state index < -0.39 is 11.9 Å². The molecule has 1 N–H and O–H groups in total. The van der Waals surface area contributed by atoms with Crippen LogP contribution in [0.5, 0.6) is 0 Å². The number of unbranched alkanes of at least 4 members (excludes halogenated alkanes) is 1. The van der Waals surface area contributed by atoms with Crippen LogP contribution in [0.4, 0.5) is 13.2 Å². The van der Waals surface area contributed by atoms with Gasteiger partial charge in [-0.2, -0.15) is 18.3 Å². The van der Waals surface area contributed by atoms with Crippen molar-refractivity contribution in [1.29, 1.82) is 0 Å². The number of halogens is 3. The van der Waals surface area contributed by atoms with E-state index in [2.05, 4.69) is 17.3 Å². The summed E-state index contributed by atoms with van der Waals surface area (Å²) < 4.78 is 46.1. The Hall–Kier alpha value is -1.57. The summed E-state index contributed by atoms with van der Waals surface area (Å²) in [7, 11) is 0. The van der Waals surface area contributed by atoms with Gasteiger partial charge in [0.1, 0.15) is 0 Å². The number of ether oxygens (including phenoxy) is 1. The quantitative estimate of drug-likeness (QED) is 0.749. The fraction of sp³-hybridized carbons (Fsp3) is 0.800. The molecule has 0 atom stereocenters. The maximum atomic E-state index is 13.2. The van der Waals surface area contributed by atoms with Crippen molar-refractivity contribution in [3.05, 3.63) is 17.0 Å². The Morgan fingerprint density at radius 1 is 1.29 bits per heavy atom. The van der Waals surface area contributed by atoms with Crippen LogP contribution >= 0.6 is 0 Å². The number of aromatic nitrogens is 2. The predicted molar refractivity (Wildman–Crippen MR) is 98.6 cm³/mol. The number of amides is 1. The molecule has 1 fully saturated rings. The molecule has 0 saturated heterocycles. The second-order valence-electron chi connectivity index (χ2n) is 7.95. The van der Waals surface area contributed by atoms with Gasteiger partial charge in [-0.05, 0) is 31.6 Å². The van der Waals surface area contributed by atoms with E-state index in [1.54, 1.807) is 0 Å². The molecule has 0 radical (unpaired) electrons. The standard InChI is InChI=1S/C20H30F3N3O2/c1-2-3-4-14-5-7-15(8-6-14)19(27)24-10-11-26-17-9-12-28-13-16(17)18(25-26)20(21,22)23/h14-15H,2-13H2,1H3,(H,24,27). The van der Waals surface area contributed by atoms with Crippen molar-refractivity contribution in [1.82, 2.24) is 15.1 Å². The molecule has 0 unspecified atom stereocenters. The minimum Gasteiger partial charge on any atom is -0.376 e. The molecule has 2 aliphatic rings. The lowest BCUT2D eigenvalue weighted by atomic mass is 9.79. The average Bonchev–Trinajstić information content (AvgIpc) is 3.06. The summed E-state index contributed by atoms with van der Waals surface area (Å²) in [6, 6.07) is 0. The lowest BCUT2D eigenvalue weighted by molar-refractivity contribution is -0.142. The molecule has 0 bridgehead atoms. The zero-order valence-electron chi connectivity index (χ0n) is 16.5. The van der Waals surface area contributed by atoms with Crippen molar-refractivity contribution in [2.45, 2.75) is 77.6 Å². The number of nitrogens with zero attached hydrogens (tertiary/aromatic N) is 2. The lowest BCUT2D eigenvalue weighted by Crippen LogP contribution is -2.35. The highest BCUT2D eigenvalue weighted by Crippen LogP contribution is 2.34. The molecule has 0 spiro atoms. The van der Waals surface area contributed by atoms with E-state index >= 15 is 0 Å². The Morgan fingerprint density at radius 2 is 2.04 bits per heavy atom. The van der Waals surface area contributed by atoms with Gasteiger partial charge in [0.05, 0.1) is 19.8 Å². The smallest absolute Gasteiger partial charge is 0.376 e. The van der Waals surface area contributed by atoms with E-state index in [9.17, 15) is 18.0 Å². The van der Waals surface area contributed by atoms with Crippen LogP contribution in [0, 0.1) is 11.8 Å². The Balaban J connectivity index is 1.50. The molecule has 1 amide bonds. The van der Waals surface area contributed by atoms with Crippen LogP contribution in [0.15, 0.2) is 0 Å². The van der Waals surface area contributed by atoms with Gasteiger partial charge in [-0.3, -0.25) is 9.48 Å². The van der Waals surface area contributed by atoms with Gasteiger partial charge in [0.25, 0.3) is 0 Å². The summed E-state index contributed by atoms with van der Waals surface area (Å²) in [5, 5.41) is 6.67. The minimum absolute atomic E-state index is 0.0225. The first-order valence-electron chi connectivity index (χ1n) is 10.4. The molecular formula is C20H30F3N3O2. The van der Waals surface area contributed by atoms with Crippen LogP contribution in [0.25, 0.3) is 0 Å². The van der Waals surface area contributed by atoms with Gasteiger partial charge >= 0.3 is 6.18 Å². The van der Waals surface area contributed by atoms with Gasteiger partial charge in [0, 0.05) is 30.1 Å². The molecule has 3 rings (SSSR count). The SMILES string of the molecule is CCCCC1CCC(C(=O)NCCn2nc(C(F)(F)F)c3c2CCOC3)CC1. The van der Waals surface area contributed by atoms with E-state index in [0.717, 1.165) is 31.6 Å². The molecule has 158 valence electrons. The fourth-order valence-corrected chi connectivity index (χ4v) is 4.36. The number of fused-ring (bicyclic) bond motifs is 1. The van der Waals surface area contributed by atoms with Crippen molar-refractivity contribution in [2.24, 2.45) is 11.8 Å². The van der Waals surface area contributed by atoms with Crippen LogP contribution in [-0.4, -0.2) is 28.8 Å². The largest absolute Gasteiger partial charge is 0.435 e. The molecule has 28 heavy (non-hydrogen) atoms. The zero-order chi connectivity index (χ0) is 20.1. The van der Waals surface area contributed by atoms with E-state index in [4.69, 9.17) is 4.74 Å². The summed E-state index contributed by atoms with van der Waals surface area (Å²) in [6.07, 6.45) is 3.64. The first-order valence-corrected chi connectivity index (χ1v) is 10.4. The predicted octanol–water partition coefficient (Wildman–Crippen LogP) is 4.09. The van der Waals surface area contributed by atoms with Crippen LogP contribution in [-0.2, 0) is 35.3 Å². The Morgan fingerprint density at radius 3 is 2.71 bits per heavy atom. The third kappa shape index (κ3) is 5.07. The van der Waals surface area contributed by atoms with Crippen LogP contribution in [0.1, 0.15) is 68.8 Å². The summed E-state index contributed by atoms with van der Waals surface area (Å²) in [6.45, 7) is 3.07. The molecule has 1 aromatic rings. The molecule has 1 aromatic heterocycles. The second kappa shape index (κ2) is 9.29. The number of hydrogen-bond donors (Lipinski definition) is 1. The molecule has 1 aliphatic heterocycles. The number of rotatable bonds is 7. The first kappa shape index (κ1) is 21.1. The molecule has 2 heterocycles. The highest BCUT2D eigenvalue weighted by molar-refractivity contribution is 5.78. The highest BCUT2D eigenvalue weighted by atomic mass is 19.4. The van der Waals surface area contributed by atoms with Gasteiger partial charge in [0.15, 0.2) is 5.69 Å². The normalized spacial score (nSPS) is 22.7. The monoisotopic (exact) mass is 401 g/mol. The van der Waals surface area contributed by atoms with Crippen LogP contribution < -0.4 is 5.32 Å². The van der Waals surface area contributed by atoms with Gasteiger partial charge in [-0.15, -0.1) is 0 Å². The highest BCUT2D eigenvalue weighted by Gasteiger charge is 2.39. The molecular weight excluding hydrogens is 371 g/mol. The number of alkyl halides is 3. The number of carbonyl (C=O) groups excluding carboxylic acids is 1. The van der Waals surface area contributed by atoms with Crippen molar-refractivity contribution in [3.63, 3.8) is 0 Å².